The number of pyridine rings is 2. The third-order valence-electron chi connectivity index (χ3n) is 4.33. The van der Waals surface area contributed by atoms with Crippen molar-refractivity contribution in [3.63, 3.8) is 0 Å². The van der Waals surface area contributed by atoms with Crippen LogP contribution >= 0.6 is 11.6 Å². The van der Waals surface area contributed by atoms with Gasteiger partial charge in [0.2, 0.25) is 0 Å². The lowest BCUT2D eigenvalue weighted by Crippen LogP contribution is -2.07. The number of fused-ring (bicyclic) bond motifs is 1. The van der Waals surface area contributed by atoms with Crippen LogP contribution in [-0.2, 0) is 0 Å². The van der Waals surface area contributed by atoms with E-state index >= 15 is 0 Å². The average molecular weight is 383 g/mol. The SMILES string of the molecule is CC(Oc1cc(-c2c[nH]c3cccnc23)cnc1N)c1cc(F)ccc1Cl. The van der Waals surface area contributed by atoms with Crippen molar-refractivity contribution in [1.29, 1.82) is 0 Å². The zero-order valence-corrected chi connectivity index (χ0v) is 15.2. The minimum absolute atomic E-state index is 0.242. The molecular weight excluding hydrogens is 367 g/mol. The molecule has 0 fully saturated rings. The molecule has 3 aromatic heterocycles. The van der Waals surface area contributed by atoms with Crippen molar-refractivity contribution < 1.29 is 9.13 Å². The molecule has 0 radical (unpaired) electrons. The summed E-state index contributed by atoms with van der Waals surface area (Å²) < 4.78 is 19.5. The van der Waals surface area contributed by atoms with Gasteiger partial charge in [0.25, 0.3) is 0 Å². The summed E-state index contributed by atoms with van der Waals surface area (Å²) in [6.07, 6.45) is 4.75. The van der Waals surface area contributed by atoms with Crippen LogP contribution < -0.4 is 10.5 Å². The highest BCUT2D eigenvalue weighted by Gasteiger charge is 2.16. The summed E-state index contributed by atoms with van der Waals surface area (Å²) in [5, 5.41) is 0.424. The van der Waals surface area contributed by atoms with E-state index in [1.54, 1.807) is 25.4 Å². The maximum atomic E-state index is 13.6. The first-order valence-corrected chi connectivity index (χ1v) is 8.70. The summed E-state index contributed by atoms with van der Waals surface area (Å²) in [4.78, 5) is 11.8. The number of halogens is 2. The number of H-pyrrole nitrogens is 1. The normalized spacial score (nSPS) is 12.3. The molecule has 4 rings (SSSR count). The van der Waals surface area contributed by atoms with E-state index < -0.39 is 6.10 Å². The van der Waals surface area contributed by atoms with Crippen LogP contribution in [0.25, 0.3) is 22.2 Å². The van der Waals surface area contributed by atoms with Crippen molar-refractivity contribution in [3.8, 4) is 16.9 Å². The highest BCUT2D eigenvalue weighted by atomic mass is 35.5. The molecule has 1 aromatic carbocycles. The summed E-state index contributed by atoms with van der Waals surface area (Å²) in [7, 11) is 0. The smallest absolute Gasteiger partial charge is 0.166 e. The summed E-state index contributed by atoms with van der Waals surface area (Å²) in [5.41, 5.74) is 9.97. The minimum atomic E-state index is -0.506. The van der Waals surface area contributed by atoms with E-state index in [-0.39, 0.29) is 11.6 Å². The highest BCUT2D eigenvalue weighted by Crippen LogP contribution is 2.34. The van der Waals surface area contributed by atoms with Gasteiger partial charge in [-0.3, -0.25) is 4.98 Å². The van der Waals surface area contributed by atoms with Crippen LogP contribution in [0, 0.1) is 5.82 Å². The first-order chi connectivity index (χ1) is 13.0. The number of hydrogen-bond donors (Lipinski definition) is 2. The lowest BCUT2D eigenvalue weighted by Gasteiger charge is -2.18. The molecule has 1 atom stereocenters. The molecule has 1 unspecified atom stereocenters. The van der Waals surface area contributed by atoms with Crippen LogP contribution in [-0.4, -0.2) is 15.0 Å². The summed E-state index contributed by atoms with van der Waals surface area (Å²) in [6, 6.07) is 9.76. The second kappa shape index (κ2) is 6.89. The zero-order chi connectivity index (χ0) is 19.0. The van der Waals surface area contributed by atoms with Gasteiger partial charge < -0.3 is 15.5 Å². The quantitative estimate of drug-likeness (QED) is 0.512. The van der Waals surface area contributed by atoms with Crippen molar-refractivity contribution in [2.45, 2.75) is 13.0 Å². The van der Waals surface area contributed by atoms with E-state index in [9.17, 15) is 4.39 Å². The second-order valence-electron chi connectivity index (χ2n) is 6.14. The van der Waals surface area contributed by atoms with Crippen molar-refractivity contribution in [3.05, 3.63) is 71.4 Å². The fraction of sp³-hybridized carbons (Fsp3) is 0.100. The van der Waals surface area contributed by atoms with Gasteiger partial charge in [0.05, 0.1) is 11.0 Å². The standard InChI is InChI=1S/C20H16ClFN4O/c1-11(14-8-13(22)4-5-16(14)21)27-18-7-12(9-26-20(18)23)15-10-25-17-3-2-6-24-19(15)17/h2-11,25H,1H3,(H2,23,26). The zero-order valence-electron chi connectivity index (χ0n) is 14.4. The van der Waals surface area contributed by atoms with Crippen molar-refractivity contribution in [2.75, 3.05) is 5.73 Å². The Morgan fingerprint density at radius 2 is 2.07 bits per heavy atom. The average Bonchev–Trinajstić information content (AvgIpc) is 3.09. The number of rotatable bonds is 4. The van der Waals surface area contributed by atoms with Crippen molar-refractivity contribution in [1.82, 2.24) is 15.0 Å². The number of benzene rings is 1. The van der Waals surface area contributed by atoms with Crippen LogP contribution in [0.1, 0.15) is 18.6 Å². The molecule has 0 bridgehead atoms. The van der Waals surface area contributed by atoms with Gasteiger partial charge in [-0.05, 0) is 43.3 Å². The number of aromatic amines is 1. The van der Waals surface area contributed by atoms with Gasteiger partial charge in [-0.15, -0.1) is 0 Å². The van der Waals surface area contributed by atoms with Gasteiger partial charge in [0, 0.05) is 40.3 Å². The van der Waals surface area contributed by atoms with E-state index in [1.165, 1.54) is 18.2 Å². The van der Waals surface area contributed by atoms with Crippen LogP contribution in [0.3, 0.4) is 0 Å². The molecule has 7 heteroatoms. The Bertz CT molecular complexity index is 1130. The fourth-order valence-corrected chi connectivity index (χ4v) is 3.22. The number of hydrogen-bond acceptors (Lipinski definition) is 4. The van der Waals surface area contributed by atoms with Crippen LogP contribution in [0.2, 0.25) is 5.02 Å². The van der Waals surface area contributed by atoms with Crippen LogP contribution in [0.15, 0.2) is 55.0 Å². The number of anilines is 1. The number of nitrogen functional groups attached to an aromatic ring is 1. The molecule has 0 spiro atoms. The maximum absolute atomic E-state index is 13.6. The second-order valence-corrected chi connectivity index (χ2v) is 6.54. The molecule has 3 N–H and O–H groups in total. The lowest BCUT2D eigenvalue weighted by molar-refractivity contribution is 0.227. The largest absolute Gasteiger partial charge is 0.482 e. The molecule has 136 valence electrons. The van der Waals surface area contributed by atoms with Crippen LogP contribution in [0.4, 0.5) is 10.2 Å². The number of nitrogens with two attached hydrogens (primary N) is 1. The number of nitrogens with zero attached hydrogens (tertiary/aromatic N) is 2. The minimum Gasteiger partial charge on any atom is -0.482 e. The lowest BCUT2D eigenvalue weighted by atomic mass is 10.1. The summed E-state index contributed by atoms with van der Waals surface area (Å²) in [5.74, 6) is 0.256. The Morgan fingerprint density at radius 3 is 2.93 bits per heavy atom. The molecule has 3 heterocycles. The van der Waals surface area contributed by atoms with E-state index in [1.807, 2.05) is 18.3 Å². The Morgan fingerprint density at radius 1 is 1.22 bits per heavy atom. The molecule has 0 saturated heterocycles. The Balaban J connectivity index is 1.70. The molecule has 4 aromatic rings. The van der Waals surface area contributed by atoms with E-state index in [2.05, 4.69) is 15.0 Å². The van der Waals surface area contributed by atoms with Gasteiger partial charge in [0.15, 0.2) is 11.6 Å². The topological polar surface area (TPSA) is 76.8 Å². The Labute approximate surface area is 160 Å². The summed E-state index contributed by atoms with van der Waals surface area (Å²) >= 11 is 6.17. The third kappa shape index (κ3) is 3.31. The Kier molecular flexibility index (Phi) is 4.41. The first-order valence-electron chi connectivity index (χ1n) is 8.32. The van der Waals surface area contributed by atoms with Gasteiger partial charge in [-0.2, -0.15) is 0 Å². The fourth-order valence-electron chi connectivity index (χ4n) is 2.95. The molecule has 0 aliphatic rings. The van der Waals surface area contributed by atoms with E-state index in [0.717, 1.165) is 22.2 Å². The number of ether oxygens (including phenoxy) is 1. The predicted molar refractivity (Wildman–Crippen MR) is 104 cm³/mol. The van der Waals surface area contributed by atoms with Crippen molar-refractivity contribution >= 4 is 28.5 Å². The molecule has 27 heavy (non-hydrogen) atoms. The van der Waals surface area contributed by atoms with E-state index in [0.29, 0.717) is 16.3 Å². The van der Waals surface area contributed by atoms with E-state index in [4.69, 9.17) is 22.1 Å². The van der Waals surface area contributed by atoms with Gasteiger partial charge in [-0.25, -0.2) is 9.37 Å². The number of nitrogens with one attached hydrogen (secondary N) is 1. The molecular formula is C20H16ClFN4O. The Hall–Kier alpha value is -3.12. The monoisotopic (exact) mass is 382 g/mol. The van der Waals surface area contributed by atoms with Crippen molar-refractivity contribution in [2.24, 2.45) is 0 Å². The third-order valence-corrected chi connectivity index (χ3v) is 4.67. The number of aromatic nitrogens is 3. The molecule has 5 nitrogen and oxygen atoms in total. The van der Waals surface area contributed by atoms with Gasteiger partial charge in [0.1, 0.15) is 11.9 Å². The highest BCUT2D eigenvalue weighted by molar-refractivity contribution is 6.31. The predicted octanol–water partition coefficient (Wildman–Crippen LogP) is 5.14. The first kappa shape index (κ1) is 17.3. The van der Waals surface area contributed by atoms with Gasteiger partial charge in [-0.1, -0.05) is 11.6 Å². The summed E-state index contributed by atoms with van der Waals surface area (Å²) in [6.45, 7) is 1.78. The molecule has 0 saturated carbocycles. The molecule has 0 aliphatic carbocycles. The molecule has 0 amide bonds. The van der Waals surface area contributed by atoms with Gasteiger partial charge >= 0.3 is 0 Å². The maximum Gasteiger partial charge on any atom is 0.166 e. The van der Waals surface area contributed by atoms with Crippen LogP contribution in [0.5, 0.6) is 5.75 Å². The molecule has 0 aliphatic heterocycles.